The Labute approximate surface area is 200 Å². The number of hydrogen-bond acceptors (Lipinski definition) is 4. The molecule has 2 N–H and O–H groups in total. The summed E-state index contributed by atoms with van der Waals surface area (Å²) in [6, 6.07) is 26.5. The Morgan fingerprint density at radius 2 is 1.53 bits per heavy atom. The topological polar surface area (TPSA) is 88.2 Å². The molecule has 0 unspecified atom stereocenters. The van der Waals surface area contributed by atoms with Crippen LogP contribution in [0.4, 0.5) is 0 Å². The van der Waals surface area contributed by atoms with Gasteiger partial charge < -0.3 is 5.32 Å². The fourth-order valence-electron chi connectivity index (χ4n) is 4.06. The van der Waals surface area contributed by atoms with E-state index in [0.717, 1.165) is 17.4 Å². The third-order valence-corrected chi connectivity index (χ3v) is 6.36. The van der Waals surface area contributed by atoms with Crippen molar-refractivity contribution in [3.8, 4) is 11.3 Å². The van der Waals surface area contributed by atoms with Crippen molar-refractivity contribution in [3.63, 3.8) is 0 Å². The number of fused-ring (bicyclic) bond motifs is 1. The number of nitrogens with zero attached hydrogens (tertiary/aromatic N) is 1. The zero-order chi connectivity index (χ0) is 24.1. The Balaban J connectivity index is 1.90. The Kier molecular flexibility index (Phi) is 7.05. The monoisotopic (exact) mass is 473 g/mol. The van der Waals surface area contributed by atoms with Crippen LogP contribution in [0.1, 0.15) is 40.9 Å². The first kappa shape index (κ1) is 23.6. The zero-order valence-electron chi connectivity index (χ0n) is 19.2. The number of hydrogen-bond donors (Lipinski definition) is 2. The average molecular weight is 474 g/mol. The number of nitrogens with one attached hydrogen (secondary N) is 2. The van der Waals surface area contributed by atoms with Gasteiger partial charge >= 0.3 is 0 Å². The van der Waals surface area contributed by atoms with Crippen LogP contribution in [0, 0.1) is 0 Å². The van der Waals surface area contributed by atoms with Crippen LogP contribution < -0.4 is 10.0 Å². The lowest BCUT2D eigenvalue weighted by Gasteiger charge is -2.21. The van der Waals surface area contributed by atoms with Crippen molar-refractivity contribution in [2.45, 2.75) is 25.9 Å². The Morgan fingerprint density at radius 3 is 2.18 bits per heavy atom. The summed E-state index contributed by atoms with van der Waals surface area (Å²) in [5.74, 6) is -0.267. The largest absolute Gasteiger partial charge is 0.345 e. The molecule has 4 aromatic rings. The van der Waals surface area contributed by atoms with E-state index in [2.05, 4.69) is 10.0 Å². The molecule has 7 heteroatoms. The lowest BCUT2D eigenvalue weighted by atomic mass is 9.95. The molecule has 0 fully saturated rings. The minimum absolute atomic E-state index is 0.0498. The van der Waals surface area contributed by atoms with Crippen molar-refractivity contribution in [3.05, 3.63) is 102 Å². The summed E-state index contributed by atoms with van der Waals surface area (Å²) in [6.07, 6.45) is 1.81. The van der Waals surface area contributed by atoms with E-state index in [-0.39, 0.29) is 18.5 Å². The maximum atomic E-state index is 13.8. The van der Waals surface area contributed by atoms with Crippen LogP contribution in [0.25, 0.3) is 22.2 Å². The number of sulfonamides is 1. The van der Waals surface area contributed by atoms with Crippen LogP contribution in [-0.2, 0) is 16.6 Å². The number of carbonyl (C=O) groups excluding carboxylic acids is 1. The van der Waals surface area contributed by atoms with Gasteiger partial charge in [0.1, 0.15) is 0 Å². The molecule has 0 saturated heterocycles. The molecule has 4 rings (SSSR count). The normalized spacial score (nSPS) is 12.4. The fourth-order valence-corrected chi connectivity index (χ4v) is 4.46. The SMILES string of the molecule is CC[C@H](NC(=O)c1c(CNS(C)(=O)=O)c(-c2ccccc2)nc2ccccc12)c1ccccc1. The lowest BCUT2D eigenvalue weighted by Crippen LogP contribution is -2.31. The van der Waals surface area contributed by atoms with Crippen molar-refractivity contribution in [2.75, 3.05) is 6.26 Å². The van der Waals surface area contributed by atoms with E-state index in [1.54, 1.807) is 0 Å². The molecule has 3 aromatic carbocycles. The predicted molar refractivity (Wildman–Crippen MR) is 136 cm³/mol. The molecule has 0 bridgehead atoms. The number of pyridine rings is 1. The first-order valence-electron chi connectivity index (χ1n) is 11.1. The van der Waals surface area contributed by atoms with Gasteiger partial charge in [0, 0.05) is 23.1 Å². The molecule has 1 atom stereocenters. The van der Waals surface area contributed by atoms with E-state index in [4.69, 9.17) is 4.98 Å². The summed E-state index contributed by atoms with van der Waals surface area (Å²) < 4.78 is 26.5. The first-order chi connectivity index (χ1) is 16.4. The van der Waals surface area contributed by atoms with Crippen molar-refractivity contribution in [1.82, 2.24) is 15.0 Å². The van der Waals surface area contributed by atoms with E-state index in [9.17, 15) is 13.2 Å². The molecule has 0 aliphatic heterocycles. The molecule has 0 aliphatic carbocycles. The second kappa shape index (κ2) is 10.2. The van der Waals surface area contributed by atoms with Gasteiger partial charge in [-0.1, -0.05) is 85.8 Å². The molecule has 174 valence electrons. The van der Waals surface area contributed by atoms with Crippen LogP contribution in [-0.4, -0.2) is 25.6 Å². The molecule has 0 aliphatic rings. The van der Waals surface area contributed by atoms with Crippen molar-refractivity contribution in [1.29, 1.82) is 0 Å². The molecule has 0 saturated carbocycles. The van der Waals surface area contributed by atoms with Crippen LogP contribution in [0.2, 0.25) is 0 Å². The number of para-hydroxylation sites is 1. The molecule has 0 radical (unpaired) electrons. The standard InChI is InChI=1S/C27H27N3O3S/c1-3-23(19-12-6-4-7-13-19)30-27(31)25-21-16-10-11-17-24(21)29-26(20-14-8-5-9-15-20)22(25)18-28-34(2,32)33/h4-17,23,28H,3,18H2,1-2H3,(H,30,31)/t23-/m0/s1. The second-order valence-electron chi connectivity index (χ2n) is 8.14. The van der Waals surface area contributed by atoms with Crippen LogP contribution in [0.15, 0.2) is 84.9 Å². The van der Waals surface area contributed by atoms with E-state index in [1.165, 1.54) is 0 Å². The zero-order valence-corrected chi connectivity index (χ0v) is 20.0. The smallest absolute Gasteiger partial charge is 0.252 e. The Bertz CT molecular complexity index is 1410. The fraction of sp³-hybridized carbons (Fsp3) is 0.185. The number of aromatic nitrogens is 1. The van der Waals surface area contributed by atoms with E-state index >= 15 is 0 Å². The highest BCUT2D eigenvalue weighted by atomic mass is 32.2. The van der Waals surface area contributed by atoms with Crippen LogP contribution in [0.5, 0.6) is 0 Å². The van der Waals surface area contributed by atoms with Gasteiger partial charge in [-0.15, -0.1) is 0 Å². The van der Waals surface area contributed by atoms with Gasteiger partial charge in [0.25, 0.3) is 5.91 Å². The van der Waals surface area contributed by atoms with Crippen molar-refractivity contribution in [2.24, 2.45) is 0 Å². The summed E-state index contributed by atoms with van der Waals surface area (Å²) in [5, 5.41) is 3.84. The van der Waals surface area contributed by atoms with E-state index in [0.29, 0.717) is 34.1 Å². The number of carbonyl (C=O) groups is 1. The van der Waals surface area contributed by atoms with Crippen molar-refractivity contribution < 1.29 is 13.2 Å². The summed E-state index contributed by atoms with van der Waals surface area (Å²) in [4.78, 5) is 18.6. The molecular formula is C27H27N3O3S. The number of amides is 1. The minimum atomic E-state index is -3.50. The van der Waals surface area contributed by atoms with E-state index < -0.39 is 10.0 Å². The van der Waals surface area contributed by atoms with Gasteiger partial charge in [-0.2, -0.15) is 0 Å². The van der Waals surface area contributed by atoms with Crippen molar-refractivity contribution >= 4 is 26.8 Å². The molecule has 34 heavy (non-hydrogen) atoms. The lowest BCUT2D eigenvalue weighted by molar-refractivity contribution is 0.0936. The molecule has 6 nitrogen and oxygen atoms in total. The summed E-state index contributed by atoms with van der Waals surface area (Å²) >= 11 is 0. The highest BCUT2D eigenvalue weighted by Crippen LogP contribution is 2.31. The number of rotatable bonds is 8. The Morgan fingerprint density at radius 1 is 0.912 bits per heavy atom. The highest BCUT2D eigenvalue weighted by molar-refractivity contribution is 7.88. The van der Waals surface area contributed by atoms with Crippen LogP contribution in [0.3, 0.4) is 0 Å². The summed E-state index contributed by atoms with van der Waals surface area (Å²) in [5.41, 5.74) is 4.03. The van der Waals surface area contributed by atoms with E-state index in [1.807, 2.05) is 91.9 Å². The van der Waals surface area contributed by atoms with Gasteiger partial charge in [0.15, 0.2) is 0 Å². The van der Waals surface area contributed by atoms with Gasteiger partial charge in [0.2, 0.25) is 10.0 Å². The first-order valence-corrected chi connectivity index (χ1v) is 13.0. The third kappa shape index (κ3) is 5.32. The van der Waals surface area contributed by atoms with Gasteiger partial charge in [-0.3, -0.25) is 4.79 Å². The molecule has 1 amide bonds. The van der Waals surface area contributed by atoms with Crippen LogP contribution >= 0.6 is 0 Å². The predicted octanol–water partition coefficient (Wildman–Crippen LogP) is 4.83. The summed E-state index contributed by atoms with van der Waals surface area (Å²) in [6.45, 7) is 1.97. The van der Waals surface area contributed by atoms with Gasteiger partial charge in [0.05, 0.1) is 29.1 Å². The van der Waals surface area contributed by atoms with Gasteiger partial charge in [-0.05, 0) is 18.1 Å². The minimum Gasteiger partial charge on any atom is -0.345 e. The quantitative estimate of drug-likeness (QED) is 0.384. The number of benzene rings is 3. The highest BCUT2D eigenvalue weighted by Gasteiger charge is 2.24. The second-order valence-corrected chi connectivity index (χ2v) is 9.97. The maximum Gasteiger partial charge on any atom is 0.252 e. The molecule has 1 aromatic heterocycles. The summed E-state index contributed by atoms with van der Waals surface area (Å²) in [7, 11) is -3.50. The molecule has 0 spiro atoms. The average Bonchev–Trinajstić information content (AvgIpc) is 2.85. The third-order valence-electron chi connectivity index (χ3n) is 5.69. The maximum absolute atomic E-state index is 13.8. The molecule has 1 heterocycles. The Hall–Kier alpha value is -3.55. The van der Waals surface area contributed by atoms with Gasteiger partial charge in [-0.25, -0.2) is 18.1 Å². The molecular weight excluding hydrogens is 446 g/mol.